The Kier molecular flexibility index (Phi) is 3.60. The molecule has 0 fully saturated rings. The van der Waals surface area contributed by atoms with Crippen molar-refractivity contribution in [2.24, 2.45) is 0 Å². The number of nitrogen functional groups attached to an aromatic ring is 1. The van der Waals surface area contributed by atoms with Crippen LogP contribution >= 0.6 is 23.3 Å². The molecule has 1 aromatic carbocycles. The molecule has 0 atom stereocenters. The van der Waals surface area contributed by atoms with Crippen LogP contribution in [0.15, 0.2) is 33.8 Å². The summed E-state index contributed by atoms with van der Waals surface area (Å²) < 4.78 is 9.33. The van der Waals surface area contributed by atoms with Crippen LogP contribution in [0.2, 0.25) is 0 Å². The number of rotatable bonds is 3. The van der Waals surface area contributed by atoms with Gasteiger partial charge in [0, 0.05) is 4.90 Å². The van der Waals surface area contributed by atoms with E-state index in [1.54, 1.807) is 12.1 Å². The van der Waals surface area contributed by atoms with Crippen molar-refractivity contribution >= 4 is 35.0 Å². The van der Waals surface area contributed by atoms with E-state index in [9.17, 15) is 4.79 Å². The van der Waals surface area contributed by atoms with Gasteiger partial charge in [-0.15, -0.1) is 0 Å². The molecule has 0 unspecified atom stereocenters. The van der Waals surface area contributed by atoms with Crippen molar-refractivity contribution in [3.05, 3.63) is 30.1 Å². The third-order valence-electron chi connectivity index (χ3n) is 2.01. The number of carbonyl (C=O) groups excluding carboxylic acids is 1. The number of carbonyl (C=O) groups is 1. The van der Waals surface area contributed by atoms with Crippen molar-refractivity contribution in [3.8, 4) is 0 Å². The van der Waals surface area contributed by atoms with Crippen LogP contribution in [0.1, 0.15) is 10.4 Å². The fraction of sp³-hybridized carbons (Fsp3) is 0.100. The number of hydrogen-bond donors (Lipinski definition) is 1. The summed E-state index contributed by atoms with van der Waals surface area (Å²) in [6.07, 6.45) is 1.48. The number of methoxy groups -OCH3 is 1. The van der Waals surface area contributed by atoms with Gasteiger partial charge in [0.15, 0.2) is 4.34 Å². The predicted molar refractivity (Wildman–Crippen MR) is 66.2 cm³/mol. The molecule has 88 valence electrons. The molecule has 0 aliphatic rings. The highest BCUT2D eigenvalue weighted by Gasteiger charge is 2.14. The van der Waals surface area contributed by atoms with Crippen LogP contribution in [-0.4, -0.2) is 22.4 Å². The highest BCUT2D eigenvalue weighted by atomic mass is 32.2. The van der Waals surface area contributed by atoms with Crippen LogP contribution in [0.25, 0.3) is 0 Å². The lowest BCUT2D eigenvalue weighted by Gasteiger charge is -2.07. The quantitative estimate of drug-likeness (QED) is 0.677. The van der Waals surface area contributed by atoms with Crippen molar-refractivity contribution in [1.29, 1.82) is 0 Å². The Hall–Kier alpha value is -1.60. The summed E-state index contributed by atoms with van der Waals surface area (Å²) in [6, 6.07) is 5.21. The lowest BCUT2D eigenvalue weighted by atomic mass is 10.2. The number of nitrogens with two attached hydrogens (primary N) is 1. The van der Waals surface area contributed by atoms with E-state index in [0.717, 1.165) is 9.24 Å². The maximum Gasteiger partial charge on any atom is 0.339 e. The Balaban J connectivity index is 2.32. The predicted octanol–water partition coefficient (Wildman–Crippen LogP) is 2.06. The third-order valence-corrected chi connectivity index (χ3v) is 3.80. The van der Waals surface area contributed by atoms with Crippen LogP contribution in [0.5, 0.6) is 0 Å². The fourth-order valence-corrected chi connectivity index (χ4v) is 2.70. The van der Waals surface area contributed by atoms with E-state index in [1.165, 1.54) is 36.7 Å². The topological polar surface area (TPSA) is 78.1 Å². The molecule has 17 heavy (non-hydrogen) atoms. The minimum absolute atomic E-state index is 0.363. The van der Waals surface area contributed by atoms with E-state index in [4.69, 9.17) is 5.73 Å². The summed E-state index contributed by atoms with van der Waals surface area (Å²) in [5, 5.41) is 0. The molecule has 0 saturated heterocycles. The van der Waals surface area contributed by atoms with E-state index < -0.39 is 5.97 Å². The lowest BCUT2D eigenvalue weighted by Crippen LogP contribution is -2.06. The summed E-state index contributed by atoms with van der Waals surface area (Å²) in [5.74, 6) is -0.442. The highest BCUT2D eigenvalue weighted by molar-refractivity contribution is 8.01. The first-order chi connectivity index (χ1) is 8.22. The molecule has 2 N–H and O–H groups in total. The fourth-order valence-electron chi connectivity index (χ4n) is 1.22. The summed E-state index contributed by atoms with van der Waals surface area (Å²) >= 11 is 2.65. The molecule has 0 radical (unpaired) electrons. The molecule has 0 bridgehead atoms. The number of hydrogen-bond acceptors (Lipinski definition) is 7. The molecule has 2 rings (SSSR count). The monoisotopic (exact) mass is 267 g/mol. The zero-order chi connectivity index (χ0) is 12.3. The first kappa shape index (κ1) is 11.9. The van der Waals surface area contributed by atoms with Crippen molar-refractivity contribution in [2.75, 3.05) is 12.8 Å². The Morgan fingerprint density at radius 2 is 2.35 bits per heavy atom. The maximum atomic E-state index is 11.5. The van der Waals surface area contributed by atoms with Gasteiger partial charge in [-0.2, -0.15) is 4.37 Å². The standard InChI is InChI=1S/C10H9N3O2S2/c1-15-9(14)6-3-2-4-7(8(6)11)16-10-12-5-13-17-10/h2-5H,11H2,1H3. The van der Waals surface area contributed by atoms with Crippen LogP contribution in [-0.2, 0) is 4.74 Å². The van der Waals surface area contributed by atoms with E-state index in [0.29, 0.717) is 11.3 Å². The van der Waals surface area contributed by atoms with Crippen LogP contribution in [0.4, 0.5) is 5.69 Å². The summed E-state index contributed by atoms with van der Waals surface area (Å²) in [4.78, 5) is 16.3. The minimum Gasteiger partial charge on any atom is -0.465 e. The molecule has 0 aliphatic carbocycles. The molecule has 0 aliphatic heterocycles. The number of esters is 1. The highest BCUT2D eigenvalue weighted by Crippen LogP contribution is 2.34. The van der Waals surface area contributed by atoms with Crippen LogP contribution < -0.4 is 5.73 Å². The third kappa shape index (κ3) is 2.56. The number of anilines is 1. The zero-order valence-electron chi connectivity index (χ0n) is 8.91. The van der Waals surface area contributed by atoms with E-state index >= 15 is 0 Å². The van der Waals surface area contributed by atoms with Crippen molar-refractivity contribution in [1.82, 2.24) is 9.36 Å². The number of benzene rings is 1. The zero-order valence-corrected chi connectivity index (χ0v) is 10.5. The Morgan fingerprint density at radius 3 is 3.00 bits per heavy atom. The average Bonchev–Trinajstić information content (AvgIpc) is 2.84. The minimum atomic E-state index is -0.442. The van der Waals surface area contributed by atoms with Crippen molar-refractivity contribution in [3.63, 3.8) is 0 Å². The Morgan fingerprint density at radius 1 is 1.53 bits per heavy atom. The molecule has 7 heteroatoms. The van der Waals surface area contributed by atoms with Gasteiger partial charge in [-0.1, -0.05) is 17.8 Å². The number of aromatic nitrogens is 2. The Bertz CT molecular complexity index is 528. The van der Waals surface area contributed by atoms with E-state index in [1.807, 2.05) is 6.07 Å². The molecule has 0 spiro atoms. The van der Waals surface area contributed by atoms with Gasteiger partial charge in [0.2, 0.25) is 0 Å². The molecule has 5 nitrogen and oxygen atoms in total. The van der Waals surface area contributed by atoms with Gasteiger partial charge in [0.1, 0.15) is 6.33 Å². The largest absolute Gasteiger partial charge is 0.465 e. The van der Waals surface area contributed by atoms with Crippen LogP contribution in [0, 0.1) is 0 Å². The number of ether oxygens (including phenoxy) is 1. The second kappa shape index (κ2) is 5.15. The van der Waals surface area contributed by atoms with Gasteiger partial charge in [-0.05, 0) is 23.7 Å². The Labute approximate surface area is 106 Å². The SMILES string of the molecule is COC(=O)c1cccc(Sc2ncns2)c1N. The number of nitrogens with zero attached hydrogens (tertiary/aromatic N) is 2. The summed E-state index contributed by atoms with van der Waals surface area (Å²) in [6.45, 7) is 0. The van der Waals surface area contributed by atoms with Gasteiger partial charge in [-0.25, -0.2) is 9.78 Å². The second-order valence-electron chi connectivity index (χ2n) is 3.02. The lowest BCUT2D eigenvalue weighted by molar-refractivity contribution is 0.0601. The first-order valence-corrected chi connectivity index (χ1v) is 6.22. The van der Waals surface area contributed by atoms with E-state index in [-0.39, 0.29) is 0 Å². The summed E-state index contributed by atoms with van der Waals surface area (Å²) in [5.41, 5.74) is 6.68. The molecule has 2 aromatic rings. The molecule has 0 saturated carbocycles. The van der Waals surface area contributed by atoms with Crippen molar-refractivity contribution in [2.45, 2.75) is 9.24 Å². The first-order valence-electron chi connectivity index (χ1n) is 4.63. The normalized spacial score (nSPS) is 10.2. The number of para-hydroxylation sites is 1. The van der Waals surface area contributed by atoms with E-state index in [2.05, 4.69) is 14.1 Å². The molecule has 1 heterocycles. The molecule has 0 amide bonds. The average molecular weight is 267 g/mol. The smallest absolute Gasteiger partial charge is 0.339 e. The van der Waals surface area contributed by atoms with Gasteiger partial charge < -0.3 is 10.5 Å². The van der Waals surface area contributed by atoms with Crippen LogP contribution in [0.3, 0.4) is 0 Å². The maximum absolute atomic E-state index is 11.5. The van der Waals surface area contributed by atoms with Gasteiger partial charge in [-0.3, -0.25) is 0 Å². The molecular weight excluding hydrogens is 258 g/mol. The molecular formula is C10H9N3O2S2. The molecule has 1 aromatic heterocycles. The second-order valence-corrected chi connectivity index (χ2v) is 5.09. The summed E-state index contributed by atoms with van der Waals surface area (Å²) in [7, 11) is 1.33. The van der Waals surface area contributed by atoms with Crippen molar-refractivity contribution < 1.29 is 9.53 Å². The van der Waals surface area contributed by atoms with Gasteiger partial charge in [0.25, 0.3) is 0 Å². The van der Waals surface area contributed by atoms with Gasteiger partial charge >= 0.3 is 5.97 Å². The van der Waals surface area contributed by atoms with Gasteiger partial charge in [0.05, 0.1) is 18.4 Å².